The third-order valence-electron chi connectivity index (χ3n) is 3.08. The quantitative estimate of drug-likeness (QED) is 0.828. The lowest BCUT2D eigenvalue weighted by atomic mass is 10.3. The van der Waals surface area contributed by atoms with Crippen LogP contribution in [0.15, 0.2) is 12.4 Å². The molecule has 0 aromatic carbocycles. The van der Waals surface area contributed by atoms with Crippen LogP contribution in [0.25, 0.3) is 0 Å². The maximum atomic E-state index is 11.9. The van der Waals surface area contributed by atoms with Gasteiger partial charge in [0.15, 0.2) is 5.82 Å². The lowest BCUT2D eigenvalue weighted by molar-refractivity contribution is -0.122. The standard InChI is InChI=1S/C13H20N6O/c1-4-11-14-6-8-19(11)7-5-12(20)15-9(2)13-16-10(3)17-18-13/h6,8-9H,4-5,7H2,1-3H3,(H,15,20)(H,16,17,18)/t9-/m0/s1. The normalized spacial score (nSPS) is 12.3. The first-order valence-electron chi connectivity index (χ1n) is 6.78. The zero-order valence-electron chi connectivity index (χ0n) is 12.1. The van der Waals surface area contributed by atoms with Gasteiger partial charge in [-0.1, -0.05) is 6.92 Å². The predicted octanol–water partition coefficient (Wildman–Crippen LogP) is 1.14. The van der Waals surface area contributed by atoms with Gasteiger partial charge < -0.3 is 9.88 Å². The first-order valence-corrected chi connectivity index (χ1v) is 6.78. The summed E-state index contributed by atoms with van der Waals surface area (Å²) < 4.78 is 2.00. The Bertz CT molecular complexity index is 573. The Labute approximate surface area is 117 Å². The first kappa shape index (κ1) is 14.2. The highest BCUT2D eigenvalue weighted by molar-refractivity contribution is 5.76. The number of carbonyl (C=O) groups is 1. The van der Waals surface area contributed by atoms with Crippen LogP contribution >= 0.6 is 0 Å². The SMILES string of the molecule is CCc1nccn1CCC(=O)N[C@@H](C)c1n[nH]c(C)n1. The second kappa shape index (κ2) is 6.31. The molecule has 0 saturated heterocycles. The number of hydrogen-bond acceptors (Lipinski definition) is 4. The van der Waals surface area contributed by atoms with Crippen molar-refractivity contribution in [3.8, 4) is 0 Å². The van der Waals surface area contributed by atoms with E-state index < -0.39 is 0 Å². The number of aromatic nitrogens is 5. The van der Waals surface area contributed by atoms with Crippen LogP contribution in [0, 0.1) is 6.92 Å². The molecule has 0 radical (unpaired) electrons. The third kappa shape index (κ3) is 3.43. The Hall–Kier alpha value is -2.18. The highest BCUT2D eigenvalue weighted by Crippen LogP contribution is 2.07. The van der Waals surface area contributed by atoms with Crippen molar-refractivity contribution in [1.29, 1.82) is 0 Å². The van der Waals surface area contributed by atoms with Crippen LogP contribution in [-0.4, -0.2) is 30.6 Å². The first-order chi connectivity index (χ1) is 9.60. The fraction of sp³-hybridized carbons (Fsp3) is 0.538. The molecule has 20 heavy (non-hydrogen) atoms. The molecule has 7 heteroatoms. The monoisotopic (exact) mass is 276 g/mol. The van der Waals surface area contributed by atoms with Crippen LogP contribution in [0.3, 0.4) is 0 Å². The second-order valence-electron chi connectivity index (χ2n) is 4.71. The van der Waals surface area contributed by atoms with E-state index in [-0.39, 0.29) is 11.9 Å². The second-order valence-corrected chi connectivity index (χ2v) is 4.71. The minimum absolute atomic E-state index is 0.0179. The summed E-state index contributed by atoms with van der Waals surface area (Å²) in [6.07, 6.45) is 4.93. The molecule has 2 aromatic rings. The van der Waals surface area contributed by atoms with E-state index in [9.17, 15) is 4.79 Å². The fourth-order valence-corrected chi connectivity index (χ4v) is 2.01. The Balaban J connectivity index is 1.83. The molecule has 2 rings (SSSR count). The predicted molar refractivity (Wildman–Crippen MR) is 73.9 cm³/mol. The molecule has 1 atom stereocenters. The Morgan fingerprint density at radius 2 is 2.35 bits per heavy atom. The van der Waals surface area contributed by atoms with Crippen molar-refractivity contribution < 1.29 is 4.79 Å². The lowest BCUT2D eigenvalue weighted by Crippen LogP contribution is -2.28. The zero-order chi connectivity index (χ0) is 14.5. The molecule has 0 unspecified atom stereocenters. The van der Waals surface area contributed by atoms with E-state index in [0.717, 1.165) is 18.1 Å². The van der Waals surface area contributed by atoms with Gasteiger partial charge >= 0.3 is 0 Å². The van der Waals surface area contributed by atoms with Gasteiger partial charge in [-0.15, -0.1) is 0 Å². The number of aromatic amines is 1. The summed E-state index contributed by atoms with van der Waals surface area (Å²) in [6, 6.07) is -0.194. The van der Waals surface area contributed by atoms with Gasteiger partial charge in [0.2, 0.25) is 5.91 Å². The Morgan fingerprint density at radius 1 is 1.55 bits per heavy atom. The number of aryl methyl sites for hydroxylation is 3. The summed E-state index contributed by atoms with van der Waals surface area (Å²) in [5.41, 5.74) is 0. The number of H-pyrrole nitrogens is 1. The summed E-state index contributed by atoms with van der Waals surface area (Å²) >= 11 is 0. The molecule has 108 valence electrons. The van der Waals surface area contributed by atoms with Gasteiger partial charge in [0.25, 0.3) is 0 Å². The van der Waals surface area contributed by atoms with E-state index in [2.05, 4.69) is 25.5 Å². The highest BCUT2D eigenvalue weighted by atomic mass is 16.1. The van der Waals surface area contributed by atoms with Crippen LogP contribution in [0.5, 0.6) is 0 Å². The summed E-state index contributed by atoms with van der Waals surface area (Å²) in [5.74, 6) is 2.32. The van der Waals surface area contributed by atoms with E-state index in [1.54, 1.807) is 6.20 Å². The maximum Gasteiger partial charge on any atom is 0.222 e. The van der Waals surface area contributed by atoms with Crippen molar-refractivity contribution in [2.75, 3.05) is 0 Å². The molecule has 1 amide bonds. The van der Waals surface area contributed by atoms with E-state index in [0.29, 0.717) is 18.8 Å². The number of imidazole rings is 1. The van der Waals surface area contributed by atoms with Crippen LogP contribution in [0.1, 0.15) is 43.8 Å². The topological polar surface area (TPSA) is 88.5 Å². The minimum Gasteiger partial charge on any atom is -0.346 e. The molecule has 2 aromatic heterocycles. The molecule has 2 N–H and O–H groups in total. The van der Waals surface area contributed by atoms with Crippen molar-refractivity contribution in [3.63, 3.8) is 0 Å². The van der Waals surface area contributed by atoms with Crippen LogP contribution in [0.2, 0.25) is 0 Å². The molecule has 0 bridgehead atoms. The van der Waals surface area contributed by atoms with E-state index in [4.69, 9.17) is 0 Å². The van der Waals surface area contributed by atoms with Gasteiger partial charge in [-0.3, -0.25) is 9.89 Å². The number of hydrogen-bond donors (Lipinski definition) is 2. The van der Waals surface area contributed by atoms with E-state index in [1.165, 1.54) is 0 Å². The molecule has 0 fully saturated rings. The van der Waals surface area contributed by atoms with E-state index >= 15 is 0 Å². The molecular formula is C13H20N6O. The summed E-state index contributed by atoms with van der Waals surface area (Å²) in [4.78, 5) is 20.4. The average molecular weight is 276 g/mol. The smallest absolute Gasteiger partial charge is 0.222 e. The molecular weight excluding hydrogens is 256 g/mol. The minimum atomic E-state index is -0.194. The molecule has 0 spiro atoms. The van der Waals surface area contributed by atoms with Gasteiger partial charge in [-0.05, 0) is 13.8 Å². The van der Waals surface area contributed by atoms with Gasteiger partial charge in [-0.2, -0.15) is 5.10 Å². The Morgan fingerprint density at radius 3 is 3.00 bits per heavy atom. The molecule has 7 nitrogen and oxygen atoms in total. The Kier molecular flexibility index (Phi) is 4.49. The van der Waals surface area contributed by atoms with Gasteiger partial charge in [-0.25, -0.2) is 9.97 Å². The molecule has 0 aliphatic heterocycles. The van der Waals surface area contributed by atoms with Crippen molar-refractivity contribution in [3.05, 3.63) is 29.9 Å². The largest absolute Gasteiger partial charge is 0.346 e. The van der Waals surface area contributed by atoms with Gasteiger partial charge in [0, 0.05) is 31.8 Å². The summed E-state index contributed by atoms with van der Waals surface area (Å²) in [7, 11) is 0. The highest BCUT2D eigenvalue weighted by Gasteiger charge is 2.13. The third-order valence-corrected chi connectivity index (χ3v) is 3.08. The van der Waals surface area contributed by atoms with E-state index in [1.807, 2.05) is 31.5 Å². The van der Waals surface area contributed by atoms with Crippen LogP contribution in [0.4, 0.5) is 0 Å². The fourth-order valence-electron chi connectivity index (χ4n) is 2.01. The average Bonchev–Trinajstić information content (AvgIpc) is 3.04. The van der Waals surface area contributed by atoms with Crippen molar-refractivity contribution in [1.82, 2.24) is 30.0 Å². The number of nitrogens with zero attached hydrogens (tertiary/aromatic N) is 4. The van der Waals surface area contributed by atoms with Crippen LogP contribution in [-0.2, 0) is 17.8 Å². The number of carbonyl (C=O) groups excluding carboxylic acids is 1. The summed E-state index contributed by atoms with van der Waals surface area (Å²) in [5, 5.41) is 9.70. The van der Waals surface area contributed by atoms with Gasteiger partial charge in [0.05, 0.1) is 6.04 Å². The van der Waals surface area contributed by atoms with Crippen molar-refractivity contribution in [2.24, 2.45) is 0 Å². The number of nitrogens with one attached hydrogen (secondary N) is 2. The summed E-state index contributed by atoms with van der Waals surface area (Å²) in [6.45, 7) is 6.38. The molecule has 0 aliphatic rings. The molecule has 2 heterocycles. The molecule has 0 saturated carbocycles. The van der Waals surface area contributed by atoms with Crippen LogP contribution < -0.4 is 5.32 Å². The van der Waals surface area contributed by atoms with Crippen molar-refractivity contribution >= 4 is 5.91 Å². The zero-order valence-corrected chi connectivity index (χ0v) is 12.1. The lowest BCUT2D eigenvalue weighted by Gasteiger charge is -2.11. The number of amides is 1. The van der Waals surface area contributed by atoms with Gasteiger partial charge in [0.1, 0.15) is 11.6 Å². The van der Waals surface area contributed by atoms with Crippen molar-refractivity contribution in [2.45, 2.75) is 46.2 Å². The maximum absolute atomic E-state index is 11.9. The molecule has 0 aliphatic carbocycles. The number of rotatable bonds is 6.